The Hall–Kier alpha value is -1.57. The van der Waals surface area contributed by atoms with E-state index >= 15 is 0 Å². The molecule has 1 saturated heterocycles. The Morgan fingerprint density at radius 2 is 2.08 bits per heavy atom. The van der Waals surface area contributed by atoms with E-state index in [0.29, 0.717) is 29.5 Å². The molecule has 3 rings (SSSR count). The van der Waals surface area contributed by atoms with Crippen LogP contribution in [-0.2, 0) is 14.4 Å². The van der Waals surface area contributed by atoms with Crippen LogP contribution in [0.1, 0.15) is 44.9 Å². The molecular weight excluding hydrogens is 328 g/mol. The summed E-state index contributed by atoms with van der Waals surface area (Å²) in [6.07, 6.45) is 6.25. The highest BCUT2D eigenvalue weighted by Crippen LogP contribution is 2.35. The first-order chi connectivity index (χ1) is 11.6. The van der Waals surface area contributed by atoms with Gasteiger partial charge in [-0.25, -0.2) is 0 Å². The van der Waals surface area contributed by atoms with E-state index in [-0.39, 0.29) is 37.1 Å². The van der Waals surface area contributed by atoms with Crippen molar-refractivity contribution in [2.75, 3.05) is 19.6 Å². The van der Waals surface area contributed by atoms with Gasteiger partial charge in [0.25, 0.3) is 0 Å². The first kappa shape index (κ1) is 17.3. The second-order valence-corrected chi connectivity index (χ2v) is 7.74. The highest BCUT2D eigenvalue weighted by Gasteiger charge is 2.31. The number of piperazine rings is 1. The van der Waals surface area contributed by atoms with Crippen LogP contribution in [-0.4, -0.2) is 58.7 Å². The van der Waals surface area contributed by atoms with Crippen molar-refractivity contribution in [3.63, 3.8) is 0 Å². The maximum absolute atomic E-state index is 12.1. The first-order valence-electron chi connectivity index (χ1n) is 8.70. The van der Waals surface area contributed by atoms with Gasteiger partial charge >= 0.3 is 0 Å². The Morgan fingerprint density at radius 1 is 1.25 bits per heavy atom. The second kappa shape index (κ2) is 8.00. The van der Waals surface area contributed by atoms with Crippen LogP contribution in [0.5, 0.6) is 0 Å². The van der Waals surface area contributed by atoms with Gasteiger partial charge in [0.1, 0.15) is 0 Å². The molecule has 1 saturated carbocycles. The third-order valence-corrected chi connectivity index (χ3v) is 5.95. The highest BCUT2D eigenvalue weighted by atomic mass is 32.2. The van der Waals surface area contributed by atoms with Crippen molar-refractivity contribution >= 4 is 34.7 Å². The summed E-state index contributed by atoms with van der Waals surface area (Å²) in [6, 6.07) is 0.335. The predicted octanol–water partition coefficient (Wildman–Crippen LogP) is 0.645. The van der Waals surface area contributed by atoms with Crippen LogP contribution < -0.4 is 10.6 Å². The van der Waals surface area contributed by atoms with Crippen LogP contribution in [0.3, 0.4) is 0 Å². The van der Waals surface area contributed by atoms with Gasteiger partial charge in [-0.2, -0.15) is 0 Å². The monoisotopic (exact) mass is 352 g/mol. The van der Waals surface area contributed by atoms with Gasteiger partial charge in [0.2, 0.25) is 17.7 Å². The topological polar surface area (TPSA) is 90.9 Å². The zero-order chi connectivity index (χ0) is 16.9. The average molecular weight is 352 g/mol. The number of hydrogen-bond donors (Lipinski definition) is 2. The van der Waals surface area contributed by atoms with Gasteiger partial charge in [-0.3, -0.25) is 19.4 Å². The van der Waals surface area contributed by atoms with E-state index in [9.17, 15) is 14.4 Å². The van der Waals surface area contributed by atoms with E-state index < -0.39 is 0 Å². The molecule has 2 N–H and O–H groups in total. The van der Waals surface area contributed by atoms with Crippen molar-refractivity contribution < 1.29 is 14.4 Å². The minimum atomic E-state index is -0.174. The van der Waals surface area contributed by atoms with Crippen molar-refractivity contribution in [3.05, 3.63) is 0 Å². The number of aliphatic imine (C=N–C) groups is 1. The summed E-state index contributed by atoms with van der Waals surface area (Å²) in [5, 5.41) is 6.73. The fourth-order valence-corrected chi connectivity index (χ4v) is 4.63. The first-order valence-corrected chi connectivity index (χ1v) is 9.58. The van der Waals surface area contributed by atoms with Crippen molar-refractivity contribution in [1.82, 2.24) is 15.5 Å². The van der Waals surface area contributed by atoms with Gasteiger partial charge in [0.05, 0.1) is 12.6 Å². The van der Waals surface area contributed by atoms with E-state index in [1.807, 2.05) is 0 Å². The van der Waals surface area contributed by atoms with Crippen molar-refractivity contribution in [2.24, 2.45) is 4.99 Å². The molecule has 2 aliphatic heterocycles. The summed E-state index contributed by atoms with van der Waals surface area (Å²) in [6.45, 7) is 1.08. The summed E-state index contributed by atoms with van der Waals surface area (Å²) in [4.78, 5) is 41.6. The molecule has 8 heteroatoms. The van der Waals surface area contributed by atoms with Gasteiger partial charge < -0.3 is 15.5 Å². The summed E-state index contributed by atoms with van der Waals surface area (Å²) >= 11 is 1.67. The van der Waals surface area contributed by atoms with E-state index in [4.69, 9.17) is 0 Å². The smallest absolute Gasteiger partial charge is 0.239 e. The van der Waals surface area contributed by atoms with Gasteiger partial charge in [-0.15, -0.1) is 0 Å². The molecule has 0 aromatic carbocycles. The number of rotatable bonds is 3. The fourth-order valence-electron chi connectivity index (χ4n) is 3.34. The largest absolute Gasteiger partial charge is 0.353 e. The predicted molar refractivity (Wildman–Crippen MR) is 92.7 cm³/mol. The lowest BCUT2D eigenvalue weighted by Gasteiger charge is -2.26. The number of fused-ring (bicyclic) bond motifs is 1. The Balaban J connectivity index is 1.42. The van der Waals surface area contributed by atoms with Gasteiger partial charge in [-0.05, 0) is 12.8 Å². The lowest BCUT2D eigenvalue weighted by Crippen LogP contribution is -2.50. The molecule has 2 atom stereocenters. The Bertz CT molecular complexity index is 551. The molecule has 0 aromatic heterocycles. The number of amides is 3. The molecule has 7 nitrogen and oxygen atoms in total. The van der Waals surface area contributed by atoms with E-state index in [1.165, 1.54) is 24.2 Å². The molecule has 3 aliphatic rings. The Kier molecular flexibility index (Phi) is 5.76. The van der Waals surface area contributed by atoms with Crippen molar-refractivity contribution in [3.8, 4) is 0 Å². The summed E-state index contributed by atoms with van der Waals surface area (Å²) in [5.74, 6) is -0.465. The Labute approximate surface area is 146 Å². The van der Waals surface area contributed by atoms with Crippen LogP contribution in [0.4, 0.5) is 0 Å². The normalized spacial score (nSPS) is 26.9. The third kappa shape index (κ3) is 4.49. The molecule has 2 fully saturated rings. The maximum Gasteiger partial charge on any atom is 0.239 e. The van der Waals surface area contributed by atoms with Crippen LogP contribution >= 0.6 is 11.8 Å². The molecule has 0 aromatic rings. The molecular formula is C16H24N4O3S. The third-order valence-electron chi connectivity index (χ3n) is 4.67. The SMILES string of the molecule is O=C1CN(C(=O)CCC(=O)NC2=N[C@@H]3CCCCC[C@H]3S2)CCN1. The van der Waals surface area contributed by atoms with Crippen LogP contribution in [0, 0.1) is 0 Å². The van der Waals surface area contributed by atoms with Crippen LogP contribution in [0.15, 0.2) is 4.99 Å². The van der Waals surface area contributed by atoms with Crippen molar-refractivity contribution in [2.45, 2.75) is 56.2 Å². The highest BCUT2D eigenvalue weighted by molar-refractivity contribution is 8.14. The second-order valence-electron chi connectivity index (χ2n) is 6.51. The lowest BCUT2D eigenvalue weighted by molar-refractivity contribution is -0.139. The number of amidine groups is 1. The quantitative estimate of drug-likeness (QED) is 0.780. The maximum atomic E-state index is 12.1. The molecule has 3 amide bonds. The Morgan fingerprint density at radius 3 is 2.92 bits per heavy atom. The number of carbonyl (C=O) groups excluding carboxylic acids is 3. The van der Waals surface area contributed by atoms with E-state index in [0.717, 1.165) is 12.8 Å². The van der Waals surface area contributed by atoms with Crippen LogP contribution in [0.25, 0.3) is 0 Å². The molecule has 0 spiro atoms. The zero-order valence-corrected chi connectivity index (χ0v) is 14.6. The van der Waals surface area contributed by atoms with Gasteiger partial charge in [0, 0.05) is 31.2 Å². The minimum Gasteiger partial charge on any atom is -0.353 e. The number of thioether (sulfide) groups is 1. The molecule has 0 bridgehead atoms. The van der Waals surface area contributed by atoms with E-state index in [2.05, 4.69) is 15.6 Å². The summed E-state index contributed by atoms with van der Waals surface area (Å²) in [5.41, 5.74) is 0. The number of hydrogen-bond acceptors (Lipinski definition) is 5. The molecule has 1 aliphatic carbocycles. The van der Waals surface area contributed by atoms with Gasteiger partial charge in [-0.1, -0.05) is 31.0 Å². The molecule has 0 radical (unpaired) electrons. The van der Waals surface area contributed by atoms with Crippen molar-refractivity contribution in [1.29, 1.82) is 0 Å². The zero-order valence-electron chi connectivity index (χ0n) is 13.8. The number of nitrogens with one attached hydrogen (secondary N) is 2. The standard InChI is InChI=1S/C16H24N4O3S/c21-13(6-7-15(23)20-9-8-17-14(22)10-20)19-16-18-11-4-2-1-3-5-12(11)24-16/h11-12H,1-10H2,(H,17,22)(H,18,19,21)/t11-,12-/m1/s1. The average Bonchev–Trinajstić information content (AvgIpc) is 2.81. The number of carbonyl (C=O) groups is 3. The van der Waals surface area contributed by atoms with Gasteiger partial charge in [0.15, 0.2) is 5.17 Å². The lowest BCUT2D eigenvalue weighted by atomic mass is 10.1. The summed E-state index contributed by atoms with van der Waals surface area (Å²) in [7, 11) is 0. The molecule has 0 unspecified atom stereocenters. The van der Waals surface area contributed by atoms with E-state index in [1.54, 1.807) is 11.8 Å². The molecule has 2 heterocycles. The molecule has 132 valence electrons. The van der Waals surface area contributed by atoms with Crippen LogP contribution in [0.2, 0.25) is 0 Å². The minimum absolute atomic E-state index is 0.0897. The fraction of sp³-hybridized carbons (Fsp3) is 0.750. The molecule has 24 heavy (non-hydrogen) atoms. The number of nitrogens with zero attached hydrogens (tertiary/aromatic N) is 2. The summed E-state index contributed by atoms with van der Waals surface area (Å²) < 4.78 is 0.